The number of hydrogen-bond donors (Lipinski definition) is 1. The van der Waals surface area contributed by atoms with Gasteiger partial charge in [-0.25, -0.2) is 0 Å². The van der Waals surface area contributed by atoms with Gasteiger partial charge in [0.1, 0.15) is 6.54 Å². The fourth-order valence-corrected chi connectivity index (χ4v) is 2.03. The van der Waals surface area contributed by atoms with Crippen molar-refractivity contribution < 1.29 is 14.7 Å². The zero-order chi connectivity index (χ0) is 16.1. The molecule has 0 fully saturated rings. The maximum absolute atomic E-state index is 12.4. The average molecular weight is 302 g/mol. The Hall–Kier alpha value is -2.70. The number of carboxylic acid groups (broad SMARTS) is 1. The summed E-state index contributed by atoms with van der Waals surface area (Å²) >= 11 is 0. The van der Waals surface area contributed by atoms with E-state index in [9.17, 15) is 9.59 Å². The number of amides is 1. The lowest BCUT2D eigenvalue weighted by molar-refractivity contribution is -0.137. The first kappa shape index (κ1) is 15.7. The zero-order valence-electron chi connectivity index (χ0n) is 12.5. The van der Waals surface area contributed by atoms with Gasteiger partial charge in [-0.1, -0.05) is 32.0 Å². The van der Waals surface area contributed by atoms with E-state index in [0.29, 0.717) is 6.54 Å². The van der Waals surface area contributed by atoms with E-state index in [4.69, 9.17) is 5.11 Å². The molecule has 116 valence electrons. The van der Waals surface area contributed by atoms with E-state index >= 15 is 0 Å². The highest BCUT2D eigenvalue weighted by molar-refractivity contribution is 5.93. The second-order valence-corrected chi connectivity index (χ2v) is 5.33. The fraction of sp³-hybridized carbons (Fsp3) is 0.333. The van der Waals surface area contributed by atoms with Gasteiger partial charge in [-0.05, 0) is 18.1 Å². The van der Waals surface area contributed by atoms with E-state index in [1.807, 2.05) is 44.2 Å². The highest BCUT2D eigenvalue weighted by atomic mass is 16.4. The summed E-state index contributed by atoms with van der Waals surface area (Å²) in [5.74, 6) is -1.32. The molecule has 0 aliphatic rings. The molecule has 0 saturated carbocycles. The Labute approximate surface area is 128 Å². The van der Waals surface area contributed by atoms with Crippen molar-refractivity contribution in [2.24, 2.45) is 5.92 Å². The van der Waals surface area contributed by atoms with E-state index in [2.05, 4.69) is 10.2 Å². The fourth-order valence-electron chi connectivity index (χ4n) is 2.03. The summed E-state index contributed by atoms with van der Waals surface area (Å²) in [5, 5.41) is 17.1. The number of aliphatic carboxylic acids is 1. The molecule has 0 unspecified atom stereocenters. The first-order valence-electron chi connectivity index (χ1n) is 6.96. The van der Waals surface area contributed by atoms with Gasteiger partial charge in [0.25, 0.3) is 5.91 Å². The molecule has 7 nitrogen and oxygen atoms in total. The molecule has 22 heavy (non-hydrogen) atoms. The molecule has 1 amide bonds. The first-order valence-corrected chi connectivity index (χ1v) is 6.96. The summed E-state index contributed by atoms with van der Waals surface area (Å²) in [7, 11) is 0. The van der Waals surface area contributed by atoms with Crippen LogP contribution >= 0.6 is 0 Å². The van der Waals surface area contributed by atoms with Gasteiger partial charge in [0.05, 0.1) is 11.9 Å². The van der Waals surface area contributed by atoms with Crippen LogP contribution in [-0.2, 0) is 4.79 Å². The number of rotatable bonds is 6. The van der Waals surface area contributed by atoms with Crippen LogP contribution in [0.25, 0.3) is 5.69 Å². The lowest BCUT2D eigenvalue weighted by atomic mass is 10.2. The van der Waals surface area contributed by atoms with Crippen LogP contribution in [0.15, 0.2) is 36.5 Å². The lowest BCUT2D eigenvalue weighted by Crippen LogP contribution is -2.38. The van der Waals surface area contributed by atoms with Crippen LogP contribution in [0.5, 0.6) is 0 Å². The monoisotopic (exact) mass is 302 g/mol. The van der Waals surface area contributed by atoms with Crippen molar-refractivity contribution in [3.8, 4) is 5.69 Å². The van der Waals surface area contributed by atoms with Crippen LogP contribution in [0.4, 0.5) is 0 Å². The van der Waals surface area contributed by atoms with Gasteiger partial charge >= 0.3 is 5.97 Å². The summed E-state index contributed by atoms with van der Waals surface area (Å²) in [6.45, 7) is 3.84. The molecule has 2 aromatic rings. The van der Waals surface area contributed by atoms with Gasteiger partial charge in [-0.2, -0.15) is 9.90 Å². The number of carboxylic acids is 1. The minimum atomic E-state index is -1.05. The molecule has 1 aromatic heterocycles. The van der Waals surface area contributed by atoms with E-state index < -0.39 is 11.9 Å². The zero-order valence-corrected chi connectivity index (χ0v) is 12.5. The van der Waals surface area contributed by atoms with Gasteiger partial charge in [0, 0.05) is 6.54 Å². The van der Waals surface area contributed by atoms with Crippen LogP contribution in [0.2, 0.25) is 0 Å². The second-order valence-electron chi connectivity index (χ2n) is 5.33. The normalized spacial score (nSPS) is 10.7. The molecule has 7 heteroatoms. The molecule has 1 heterocycles. The van der Waals surface area contributed by atoms with E-state index in [1.165, 1.54) is 15.9 Å². The largest absolute Gasteiger partial charge is 0.480 e. The Morgan fingerprint density at radius 3 is 2.55 bits per heavy atom. The smallest absolute Gasteiger partial charge is 0.323 e. The van der Waals surface area contributed by atoms with E-state index in [1.54, 1.807) is 0 Å². The third kappa shape index (κ3) is 3.91. The summed E-state index contributed by atoms with van der Waals surface area (Å²) in [5.41, 5.74) is 0.862. The van der Waals surface area contributed by atoms with Crippen LogP contribution in [0.3, 0.4) is 0 Å². The molecule has 0 radical (unpaired) electrons. The molecule has 0 aliphatic heterocycles. The Balaban J connectivity index is 2.20. The topological polar surface area (TPSA) is 88.3 Å². The second kappa shape index (κ2) is 6.84. The SMILES string of the molecule is CC(C)CN(CC(=O)O)C(=O)c1cnn(-c2ccccc2)n1. The van der Waals surface area contributed by atoms with Crippen LogP contribution in [-0.4, -0.2) is 50.0 Å². The Bertz CT molecular complexity index is 652. The summed E-state index contributed by atoms with van der Waals surface area (Å²) in [6.07, 6.45) is 1.35. The van der Waals surface area contributed by atoms with Crippen molar-refractivity contribution in [3.05, 3.63) is 42.2 Å². The number of hydrogen-bond acceptors (Lipinski definition) is 4. The number of carbonyl (C=O) groups excluding carboxylic acids is 1. The molecular formula is C15H18N4O3. The minimum absolute atomic E-state index is 0.130. The van der Waals surface area contributed by atoms with Crippen molar-refractivity contribution in [1.82, 2.24) is 19.9 Å². The summed E-state index contributed by atoms with van der Waals surface area (Å²) in [6, 6.07) is 9.19. The predicted molar refractivity (Wildman–Crippen MR) is 79.7 cm³/mol. The minimum Gasteiger partial charge on any atom is -0.480 e. The van der Waals surface area contributed by atoms with Gasteiger partial charge in [0.2, 0.25) is 0 Å². The van der Waals surface area contributed by atoms with Crippen molar-refractivity contribution in [2.45, 2.75) is 13.8 Å². The van der Waals surface area contributed by atoms with Crippen molar-refractivity contribution in [3.63, 3.8) is 0 Å². The third-order valence-corrected chi connectivity index (χ3v) is 2.90. The molecule has 0 spiro atoms. The number of nitrogens with zero attached hydrogens (tertiary/aromatic N) is 4. The highest BCUT2D eigenvalue weighted by Crippen LogP contribution is 2.08. The molecule has 2 rings (SSSR count). The number of aromatic nitrogens is 3. The lowest BCUT2D eigenvalue weighted by Gasteiger charge is -2.21. The van der Waals surface area contributed by atoms with Gasteiger partial charge in [-0.15, -0.1) is 5.10 Å². The van der Waals surface area contributed by atoms with Crippen molar-refractivity contribution >= 4 is 11.9 Å². The summed E-state index contributed by atoms with van der Waals surface area (Å²) < 4.78 is 0. The van der Waals surface area contributed by atoms with Gasteiger partial charge in [0.15, 0.2) is 5.69 Å². The number of benzene rings is 1. The number of carbonyl (C=O) groups is 2. The molecular weight excluding hydrogens is 284 g/mol. The maximum atomic E-state index is 12.4. The molecule has 0 bridgehead atoms. The Morgan fingerprint density at radius 1 is 1.27 bits per heavy atom. The Kier molecular flexibility index (Phi) is 4.88. The molecule has 1 N–H and O–H groups in total. The van der Waals surface area contributed by atoms with Gasteiger partial charge in [-0.3, -0.25) is 9.59 Å². The Morgan fingerprint density at radius 2 is 1.95 bits per heavy atom. The molecule has 0 atom stereocenters. The van der Waals surface area contributed by atoms with E-state index in [0.717, 1.165) is 5.69 Å². The van der Waals surface area contributed by atoms with Crippen LogP contribution in [0.1, 0.15) is 24.3 Å². The molecule has 1 aromatic carbocycles. The van der Waals surface area contributed by atoms with Crippen LogP contribution in [0, 0.1) is 5.92 Å². The maximum Gasteiger partial charge on any atom is 0.323 e. The standard InChI is InChI=1S/C15H18N4O3/c1-11(2)9-18(10-14(20)21)15(22)13-8-16-19(17-13)12-6-4-3-5-7-12/h3-8,11H,9-10H2,1-2H3,(H,20,21). The summed E-state index contributed by atoms with van der Waals surface area (Å²) in [4.78, 5) is 25.9. The quantitative estimate of drug-likeness (QED) is 0.872. The van der Waals surface area contributed by atoms with Crippen molar-refractivity contribution in [1.29, 1.82) is 0 Å². The average Bonchev–Trinajstić information content (AvgIpc) is 2.95. The number of para-hydroxylation sites is 1. The first-order chi connectivity index (χ1) is 10.5. The van der Waals surface area contributed by atoms with E-state index in [-0.39, 0.29) is 18.2 Å². The van der Waals surface area contributed by atoms with Crippen LogP contribution < -0.4 is 0 Å². The molecule has 0 aliphatic carbocycles. The van der Waals surface area contributed by atoms with Crippen molar-refractivity contribution in [2.75, 3.05) is 13.1 Å². The van der Waals surface area contributed by atoms with Gasteiger partial charge < -0.3 is 10.0 Å². The predicted octanol–water partition coefficient (Wildman–Crippen LogP) is 1.45. The third-order valence-electron chi connectivity index (χ3n) is 2.90. The molecule has 0 saturated heterocycles. The highest BCUT2D eigenvalue weighted by Gasteiger charge is 2.22.